The number of pyridine rings is 2. The van der Waals surface area contributed by atoms with Crippen molar-refractivity contribution in [3.05, 3.63) is 80.5 Å². The van der Waals surface area contributed by atoms with Crippen molar-refractivity contribution in [2.75, 3.05) is 47.6 Å². The highest BCUT2D eigenvalue weighted by molar-refractivity contribution is 7.89. The van der Waals surface area contributed by atoms with E-state index in [9.17, 15) is 18.0 Å². The van der Waals surface area contributed by atoms with Gasteiger partial charge < -0.3 is 15.1 Å². The third kappa shape index (κ3) is 7.00. The second-order valence-electron chi connectivity index (χ2n) is 11.0. The summed E-state index contributed by atoms with van der Waals surface area (Å²) in [4.78, 5) is 44.2. The van der Waals surface area contributed by atoms with Gasteiger partial charge in [0.15, 0.2) is 5.69 Å². The van der Waals surface area contributed by atoms with Crippen LogP contribution in [0.25, 0.3) is 10.9 Å². The van der Waals surface area contributed by atoms with Crippen LogP contribution in [-0.2, 0) is 23.5 Å². The number of nitrogens with one attached hydrogen (secondary N) is 2. The molecule has 15 heteroatoms. The van der Waals surface area contributed by atoms with Gasteiger partial charge in [0, 0.05) is 45.0 Å². The molecule has 45 heavy (non-hydrogen) atoms. The van der Waals surface area contributed by atoms with E-state index in [-0.39, 0.29) is 22.1 Å². The maximum Gasteiger partial charge on any atom is 0.285 e. The van der Waals surface area contributed by atoms with Crippen LogP contribution >= 0.6 is 11.6 Å². The van der Waals surface area contributed by atoms with Gasteiger partial charge in [-0.3, -0.25) is 14.2 Å². The zero-order chi connectivity index (χ0) is 32.5. The minimum absolute atomic E-state index is 0.0227. The number of carbonyl (C=O) groups excluding carboxylic acids is 1. The summed E-state index contributed by atoms with van der Waals surface area (Å²) < 4.78 is 26.9. The summed E-state index contributed by atoms with van der Waals surface area (Å²) in [6.45, 7) is 6.29. The number of carbonyl (C=O) groups is 1. The first kappa shape index (κ1) is 31.7. The molecule has 0 aliphatic carbocycles. The number of nitriles is 1. The summed E-state index contributed by atoms with van der Waals surface area (Å²) in [6.07, 6.45) is 2.91. The molecule has 1 aromatic carbocycles. The number of hydrogen-bond donors (Lipinski definition) is 2. The normalized spacial score (nSPS) is 14.2. The van der Waals surface area contributed by atoms with Crippen LogP contribution in [0.3, 0.4) is 0 Å². The predicted octanol–water partition coefficient (Wildman–Crippen LogP) is 2.94. The number of piperazine rings is 1. The van der Waals surface area contributed by atoms with E-state index >= 15 is 0 Å². The van der Waals surface area contributed by atoms with Crippen LogP contribution in [0.15, 0.2) is 47.4 Å². The Kier molecular flexibility index (Phi) is 8.94. The Morgan fingerprint density at radius 3 is 2.47 bits per heavy atom. The smallest absolute Gasteiger partial charge is 0.285 e. The summed E-state index contributed by atoms with van der Waals surface area (Å²) in [5.41, 5.74) is 2.83. The number of fused-ring (bicyclic) bond motifs is 1. The molecule has 2 N–H and O–H groups in total. The number of aryl methyl sites for hydroxylation is 1. The Morgan fingerprint density at radius 2 is 1.82 bits per heavy atom. The lowest BCUT2D eigenvalue weighted by molar-refractivity contribution is 0.0977. The molecule has 0 saturated carbocycles. The van der Waals surface area contributed by atoms with Crippen LogP contribution in [0.2, 0.25) is 5.15 Å². The van der Waals surface area contributed by atoms with Crippen LogP contribution in [-0.4, -0.2) is 66.3 Å². The van der Waals surface area contributed by atoms with Crippen LogP contribution < -0.4 is 25.4 Å². The Balaban J connectivity index is 1.45. The van der Waals surface area contributed by atoms with Gasteiger partial charge in [0.2, 0.25) is 16.0 Å². The van der Waals surface area contributed by atoms with Crippen molar-refractivity contribution in [2.45, 2.75) is 26.3 Å². The molecule has 1 atom stereocenters. The second kappa shape index (κ2) is 12.7. The molecule has 1 aliphatic rings. The molecule has 1 fully saturated rings. The van der Waals surface area contributed by atoms with Crippen LogP contribution in [0.1, 0.15) is 40.1 Å². The molecular formula is C30H32ClN9O4S. The van der Waals surface area contributed by atoms with Crippen LogP contribution in [0.4, 0.5) is 17.5 Å². The molecule has 13 nitrogen and oxygen atoms in total. The van der Waals surface area contributed by atoms with Gasteiger partial charge in [0.05, 0.1) is 41.4 Å². The monoisotopic (exact) mass is 649 g/mol. The van der Waals surface area contributed by atoms with Gasteiger partial charge in [0.1, 0.15) is 11.0 Å². The summed E-state index contributed by atoms with van der Waals surface area (Å²) in [5, 5.41) is 12.6. The zero-order valence-electron chi connectivity index (χ0n) is 25.2. The first-order chi connectivity index (χ1) is 21.3. The highest BCUT2D eigenvalue weighted by atomic mass is 35.5. The van der Waals surface area contributed by atoms with E-state index in [0.717, 1.165) is 23.2 Å². The Hall–Kier alpha value is -4.74. The van der Waals surface area contributed by atoms with E-state index in [1.165, 1.54) is 6.07 Å². The van der Waals surface area contributed by atoms with E-state index in [4.69, 9.17) is 21.8 Å². The minimum atomic E-state index is -3.84. The summed E-state index contributed by atoms with van der Waals surface area (Å²) in [6, 6.07) is 12.3. The number of nitrogens with zero attached hydrogens (tertiary/aromatic N) is 7. The number of rotatable bonds is 8. The van der Waals surface area contributed by atoms with E-state index in [1.807, 2.05) is 36.8 Å². The van der Waals surface area contributed by atoms with Crippen molar-refractivity contribution in [3.63, 3.8) is 0 Å². The number of aromatic nitrogens is 4. The van der Waals surface area contributed by atoms with Crippen LogP contribution in [0, 0.1) is 18.3 Å². The van der Waals surface area contributed by atoms with Crippen molar-refractivity contribution >= 4 is 55.9 Å². The molecular weight excluding hydrogens is 618 g/mol. The number of hydrogen-bond acceptors (Lipinski definition) is 11. The molecule has 1 saturated heterocycles. The number of amides is 1. The van der Waals surface area contributed by atoms with Gasteiger partial charge in [-0.05, 0) is 49.2 Å². The molecule has 5 rings (SSSR count). The standard InChI is InChI=1S/C30H32ClN9O4S/c1-18-15-21(19(2)34-23-6-7-24(31)35-27(23)28(41)37-45(4,43)44)26-22(16-18)29(42)38(3)30(36-26)40-13-11-39(12-14-40)25-8-5-20(9-10-32)17-33-25/h5-8,15-17,19,34H,9,11-14H2,1-4H3,(H,37,41)/t19-/m1/s1. The third-order valence-electron chi connectivity index (χ3n) is 7.50. The topological polar surface area (TPSA) is 166 Å². The van der Waals surface area contributed by atoms with E-state index in [2.05, 4.69) is 31.2 Å². The molecule has 234 valence electrons. The Morgan fingerprint density at radius 1 is 1.11 bits per heavy atom. The molecule has 0 radical (unpaired) electrons. The maximum absolute atomic E-state index is 13.7. The van der Waals surface area contributed by atoms with E-state index < -0.39 is 22.0 Å². The Labute approximate surface area is 265 Å². The molecule has 0 bridgehead atoms. The van der Waals surface area contributed by atoms with Crippen LogP contribution in [0.5, 0.6) is 0 Å². The number of anilines is 3. The quantitative estimate of drug-likeness (QED) is 0.269. The van der Waals surface area contributed by atoms with E-state index in [0.29, 0.717) is 55.0 Å². The maximum atomic E-state index is 13.7. The summed E-state index contributed by atoms with van der Waals surface area (Å²) in [5.74, 6) is 0.435. The zero-order valence-corrected chi connectivity index (χ0v) is 26.8. The van der Waals surface area contributed by atoms with Gasteiger partial charge in [-0.15, -0.1) is 0 Å². The molecule has 4 aromatic rings. The number of benzene rings is 1. The molecule has 3 aromatic heterocycles. The summed E-state index contributed by atoms with van der Waals surface area (Å²) in [7, 11) is -2.13. The van der Waals surface area contributed by atoms with Gasteiger partial charge in [0.25, 0.3) is 11.5 Å². The molecule has 1 aliphatic heterocycles. The fourth-order valence-corrected chi connectivity index (χ4v) is 5.92. The van der Waals surface area contributed by atoms with Gasteiger partial charge in [-0.25, -0.2) is 28.1 Å². The average Bonchev–Trinajstić information content (AvgIpc) is 2.99. The highest BCUT2D eigenvalue weighted by Crippen LogP contribution is 2.29. The minimum Gasteiger partial charge on any atom is -0.377 e. The predicted molar refractivity (Wildman–Crippen MR) is 173 cm³/mol. The molecule has 1 amide bonds. The van der Waals surface area contributed by atoms with Crippen molar-refractivity contribution in [1.29, 1.82) is 5.26 Å². The molecule has 0 unspecified atom stereocenters. The first-order valence-electron chi connectivity index (χ1n) is 14.1. The number of sulfonamides is 1. The fourth-order valence-electron chi connectivity index (χ4n) is 5.34. The SMILES string of the molecule is Cc1cc([C@@H](C)Nc2ccc(Cl)nc2C(=O)NS(C)(=O)=O)c2nc(N3CCN(c4ccc(CC#N)cn4)CC3)n(C)c(=O)c2c1. The first-order valence-corrected chi connectivity index (χ1v) is 16.4. The van der Waals surface area contributed by atoms with Crippen molar-refractivity contribution in [1.82, 2.24) is 24.2 Å². The lowest BCUT2D eigenvalue weighted by Crippen LogP contribution is -2.48. The van der Waals surface area contributed by atoms with Gasteiger partial charge >= 0.3 is 0 Å². The highest BCUT2D eigenvalue weighted by Gasteiger charge is 2.25. The van der Waals surface area contributed by atoms with Gasteiger partial charge in [-0.2, -0.15) is 5.26 Å². The Bertz CT molecular complexity index is 1980. The second-order valence-corrected chi connectivity index (χ2v) is 13.1. The largest absolute Gasteiger partial charge is 0.377 e. The third-order valence-corrected chi connectivity index (χ3v) is 8.27. The van der Waals surface area contributed by atoms with Crippen molar-refractivity contribution < 1.29 is 13.2 Å². The summed E-state index contributed by atoms with van der Waals surface area (Å²) >= 11 is 6.03. The van der Waals surface area contributed by atoms with E-state index in [1.54, 1.807) is 29.9 Å². The lowest BCUT2D eigenvalue weighted by Gasteiger charge is -2.36. The van der Waals surface area contributed by atoms with Crippen molar-refractivity contribution in [2.24, 2.45) is 7.05 Å². The van der Waals surface area contributed by atoms with Gasteiger partial charge in [-0.1, -0.05) is 23.7 Å². The van der Waals surface area contributed by atoms with Crippen molar-refractivity contribution in [3.8, 4) is 6.07 Å². The number of halogens is 1. The fraction of sp³-hybridized carbons (Fsp3) is 0.333. The molecule has 4 heterocycles. The molecule has 0 spiro atoms. The average molecular weight is 650 g/mol. The lowest BCUT2D eigenvalue weighted by atomic mass is 10.0.